The number of carbonyl (C=O) groups is 2. The molecule has 9 heteroatoms. The van der Waals surface area contributed by atoms with Gasteiger partial charge in [-0.3, -0.25) is 4.79 Å². The maximum Gasteiger partial charge on any atom is 0.335 e. The average molecular weight is 394 g/mol. The molecule has 1 saturated heterocycles. The molecule has 3 rings (SSSR count). The Morgan fingerprint density at radius 1 is 1.31 bits per heavy atom. The van der Waals surface area contributed by atoms with Crippen molar-refractivity contribution in [2.45, 2.75) is 30.0 Å². The van der Waals surface area contributed by atoms with Crippen molar-refractivity contribution in [3.63, 3.8) is 0 Å². The summed E-state index contributed by atoms with van der Waals surface area (Å²) >= 11 is 1.12. The summed E-state index contributed by atoms with van der Waals surface area (Å²) < 4.78 is 26.9. The summed E-state index contributed by atoms with van der Waals surface area (Å²) in [6.45, 7) is 1.94. The number of benzene rings is 1. The molecule has 2 heterocycles. The lowest BCUT2D eigenvalue weighted by molar-refractivity contribution is -0.119. The number of carboxylic acid groups (broad SMARTS) is 1. The van der Waals surface area contributed by atoms with Gasteiger partial charge in [0.1, 0.15) is 10.3 Å². The molecule has 0 radical (unpaired) electrons. The highest BCUT2D eigenvalue weighted by Crippen LogP contribution is 2.29. The highest BCUT2D eigenvalue weighted by Gasteiger charge is 2.39. The molecule has 1 aliphatic heterocycles. The first-order valence-corrected chi connectivity index (χ1v) is 10.3. The molecule has 0 spiro atoms. The Bertz CT molecular complexity index is 938. The minimum atomic E-state index is -3.69. The number of aromatic carboxylic acids is 1. The fourth-order valence-corrected chi connectivity index (χ4v) is 5.80. The van der Waals surface area contributed by atoms with Crippen LogP contribution >= 0.6 is 11.3 Å². The molecule has 1 aromatic heterocycles. The predicted molar refractivity (Wildman–Crippen MR) is 98.0 cm³/mol. The SMILES string of the molecule is Cc1cc(NC(=O)C2CCCN2S(=O)(=O)c2cccs2)ccc1C(=O)O. The van der Waals surface area contributed by atoms with Crippen molar-refractivity contribution in [2.24, 2.45) is 0 Å². The second kappa shape index (κ2) is 7.18. The summed E-state index contributed by atoms with van der Waals surface area (Å²) in [5.74, 6) is -1.45. The Kier molecular flexibility index (Phi) is 5.12. The van der Waals surface area contributed by atoms with Crippen LogP contribution in [0.5, 0.6) is 0 Å². The average Bonchev–Trinajstić information content (AvgIpc) is 3.26. The van der Waals surface area contributed by atoms with E-state index in [9.17, 15) is 18.0 Å². The van der Waals surface area contributed by atoms with Crippen LogP contribution in [0.15, 0.2) is 39.9 Å². The fourth-order valence-electron chi connectivity index (χ4n) is 3.02. The van der Waals surface area contributed by atoms with Crippen LogP contribution in [0.4, 0.5) is 5.69 Å². The monoisotopic (exact) mass is 394 g/mol. The standard InChI is InChI=1S/C17H18N2O5S2/c1-11-10-12(6-7-13(11)17(21)22)18-16(20)14-4-2-8-19(14)26(23,24)15-5-3-9-25-15/h3,5-7,9-10,14H,2,4,8H2,1H3,(H,18,20)(H,21,22). The van der Waals surface area contributed by atoms with Crippen molar-refractivity contribution in [2.75, 3.05) is 11.9 Å². The molecule has 2 aromatic rings. The highest BCUT2D eigenvalue weighted by atomic mass is 32.2. The summed E-state index contributed by atoms with van der Waals surface area (Å²) in [5.41, 5.74) is 1.12. The molecule has 1 aromatic carbocycles. The second-order valence-corrected chi connectivity index (χ2v) is 9.10. The number of nitrogens with zero attached hydrogens (tertiary/aromatic N) is 1. The van der Waals surface area contributed by atoms with Crippen LogP contribution < -0.4 is 5.32 Å². The first-order valence-electron chi connectivity index (χ1n) is 8.01. The van der Waals surface area contributed by atoms with Gasteiger partial charge in [0, 0.05) is 12.2 Å². The van der Waals surface area contributed by atoms with Gasteiger partial charge in [0.05, 0.1) is 5.56 Å². The number of carbonyl (C=O) groups excluding carboxylic acids is 1. The van der Waals surface area contributed by atoms with E-state index < -0.39 is 27.9 Å². The topological polar surface area (TPSA) is 104 Å². The molecule has 0 aliphatic carbocycles. The number of sulfonamides is 1. The number of aryl methyl sites for hydroxylation is 1. The maximum atomic E-state index is 12.7. The Hall–Kier alpha value is -2.23. The van der Waals surface area contributed by atoms with Crippen molar-refractivity contribution >= 4 is 38.9 Å². The molecule has 0 saturated carbocycles. The van der Waals surface area contributed by atoms with Gasteiger partial charge in [-0.25, -0.2) is 13.2 Å². The van der Waals surface area contributed by atoms with Gasteiger partial charge in [0.15, 0.2) is 0 Å². The first kappa shape index (κ1) is 18.6. The smallest absolute Gasteiger partial charge is 0.335 e. The zero-order chi connectivity index (χ0) is 18.9. The summed E-state index contributed by atoms with van der Waals surface area (Å²) in [5, 5.41) is 13.5. The van der Waals surface area contributed by atoms with E-state index in [1.54, 1.807) is 24.4 Å². The van der Waals surface area contributed by atoms with Crippen LogP contribution in [-0.4, -0.2) is 42.3 Å². The minimum absolute atomic E-state index is 0.158. The number of hydrogen-bond donors (Lipinski definition) is 2. The number of thiophene rings is 1. The van der Waals surface area contributed by atoms with E-state index in [1.165, 1.54) is 22.5 Å². The van der Waals surface area contributed by atoms with Gasteiger partial charge in [-0.1, -0.05) is 6.07 Å². The van der Waals surface area contributed by atoms with Crippen molar-refractivity contribution in [1.29, 1.82) is 0 Å². The Labute approximate surface area is 155 Å². The van der Waals surface area contributed by atoms with E-state index in [1.807, 2.05) is 0 Å². The van der Waals surface area contributed by atoms with Crippen molar-refractivity contribution < 1.29 is 23.1 Å². The Balaban J connectivity index is 1.79. The van der Waals surface area contributed by atoms with Gasteiger partial charge >= 0.3 is 5.97 Å². The molecular weight excluding hydrogens is 376 g/mol. The third kappa shape index (κ3) is 3.50. The second-order valence-electron chi connectivity index (χ2n) is 6.03. The Morgan fingerprint density at radius 3 is 2.69 bits per heavy atom. The molecule has 1 atom stereocenters. The van der Waals surface area contributed by atoms with Crippen LogP contribution in [0.2, 0.25) is 0 Å². The number of rotatable bonds is 5. The van der Waals surface area contributed by atoms with Crippen LogP contribution in [-0.2, 0) is 14.8 Å². The van der Waals surface area contributed by atoms with E-state index in [0.717, 1.165) is 11.3 Å². The molecule has 2 N–H and O–H groups in total. The summed E-state index contributed by atoms with van der Waals surface area (Å²) in [6, 6.07) is 6.90. The minimum Gasteiger partial charge on any atom is -0.478 e. The highest BCUT2D eigenvalue weighted by molar-refractivity contribution is 7.91. The van der Waals surface area contributed by atoms with Crippen LogP contribution in [0, 0.1) is 6.92 Å². The van der Waals surface area contributed by atoms with Gasteiger partial charge in [-0.05, 0) is 55.0 Å². The molecule has 1 aliphatic rings. The van der Waals surface area contributed by atoms with Crippen LogP contribution in [0.25, 0.3) is 0 Å². The van der Waals surface area contributed by atoms with Gasteiger partial charge in [0.25, 0.3) is 10.0 Å². The van der Waals surface area contributed by atoms with Gasteiger partial charge < -0.3 is 10.4 Å². The lowest BCUT2D eigenvalue weighted by atomic mass is 10.1. The van der Waals surface area contributed by atoms with Crippen molar-refractivity contribution in [1.82, 2.24) is 4.31 Å². The fraction of sp³-hybridized carbons (Fsp3) is 0.294. The molecule has 1 amide bonds. The van der Waals surface area contributed by atoms with Crippen molar-refractivity contribution in [3.05, 3.63) is 46.8 Å². The normalized spacial score (nSPS) is 18.0. The molecule has 138 valence electrons. The molecule has 1 unspecified atom stereocenters. The number of hydrogen-bond acceptors (Lipinski definition) is 5. The number of nitrogens with one attached hydrogen (secondary N) is 1. The van der Waals surface area contributed by atoms with Crippen molar-refractivity contribution in [3.8, 4) is 0 Å². The third-order valence-corrected chi connectivity index (χ3v) is 7.57. The van der Waals surface area contributed by atoms with E-state index in [0.29, 0.717) is 30.6 Å². The van der Waals surface area contributed by atoms with Gasteiger partial charge in [-0.2, -0.15) is 4.31 Å². The quantitative estimate of drug-likeness (QED) is 0.811. The van der Waals surface area contributed by atoms with Gasteiger partial charge in [-0.15, -0.1) is 11.3 Å². The lowest BCUT2D eigenvalue weighted by Gasteiger charge is -2.22. The van der Waals surface area contributed by atoms with E-state index in [-0.39, 0.29) is 9.77 Å². The largest absolute Gasteiger partial charge is 0.478 e. The predicted octanol–water partition coefficient (Wildman–Crippen LogP) is 2.55. The summed E-state index contributed by atoms with van der Waals surface area (Å²) in [7, 11) is -3.69. The Morgan fingerprint density at radius 2 is 2.08 bits per heavy atom. The summed E-state index contributed by atoms with van der Waals surface area (Å²) in [6.07, 6.45) is 1.06. The molecular formula is C17H18N2O5S2. The van der Waals surface area contributed by atoms with Crippen LogP contribution in [0.3, 0.4) is 0 Å². The molecule has 0 bridgehead atoms. The molecule has 26 heavy (non-hydrogen) atoms. The van der Waals surface area contributed by atoms with Crippen LogP contribution in [0.1, 0.15) is 28.8 Å². The summed E-state index contributed by atoms with van der Waals surface area (Å²) in [4.78, 5) is 23.7. The molecule has 1 fully saturated rings. The third-order valence-electron chi connectivity index (χ3n) is 4.29. The zero-order valence-corrected chi connectivity index (χ0v) is 15.6. The van der Waals surface area contributed by atoms with E-state index in [2.05, 4.69) is 5.32 Å². The van der Waals surface area contributed by atoms with E-state index in [4.69, 9.17) is 5.11 Å². The maximum absolute atomic E-state index is 12.7. The molecule has 7 nitrogen and oxygen atoms in total. The number of anilines is 1. The zero-order valence-electron chi connectivity index (χ0n) is 14.0. The lowest BCUT2D eigenvalue weighted by Crippen LogP contribution is -2.42. The van der Waals surface area contributed by atoms with Gasteiger partial charge in [0.2, 0.25) is 5.91 Å². The number of amides is 1. The first-order chi connectivity index (χ1) is 12.3. The number of carboxylic acids is 1. The van der Waals surface area contributed by atoms with E-state index >= 15 is 0 Å².